The van der Waals surface area contributed by atoms with Crippen molar-refractivity contribution >= 4 is 11.8 Å². The van der Waals surface area contributed by atoms with E-state index in [1.165, 1.54) is 6.33 Å². The van der Waals surface area contributed by atoms with E-state index in [-0.39, 0.29) is 17.9 Å². The molecule has 1 aromatic carbocycles. The molecular weight excluding hydrogens is 370 g/mol. The number of likely N-dealkylation sites (tertiary alicyclic amines) is 1. The number of hydrogen-bond donors (Lipinski definition) is 1. The molecule has 4 rings (SSSR count). The SMILES string of the molecule is CN1CCC2(CCC1=O)CC(NC(=O)CCCn1cncn1)c1ccccc1O2. The number of aryl methyl sites for hydroxylation is 1. The van der Waals surface area contributed by atoms with E-state index in [0.717, 1.165) is 17.7 Å². The van der Waals surface area contributed by atoms with E-state index < -0.39 is 5.60 Å². The van der Waals surface area contributed by atoms with E-state index >= 15 is 0 Å². The van der Waals surface area contributed by atoms with Crippen LogP contribution < -0.4 is 10.1 Å². The average molecular weight is 397 g/mol. The lowest BCUT2D eigenvalue weighted by atomic mass is 9.82. The van der Waals surface area contributed by atoms with Gasteiger partial charge in [-0.15, -0.1) is 0 Å². The molecule has 3 heterocycles. The number of carbonyl (C=O) groups excluding carboxylic acids is 2. The molecule has 1 N–H and O–H groups in total. The van der Waals surface area contributed by atoms with Gasteiger partial charge in [0.15, 0.2) is 0 Å². The Kier molecular flexibility index (Phi) is 5.51. The zero-order valence-corrected chi connectivity index (χ0v) is 16.7. The predicted octanol–water partition coefficient (Wildman–Crippen LogP) is 2.08. The summed E-state index contributed by atoms with van der Waals surface area (Å²) >= 11 is 0. The molecule has 0 saturated carbocycles. The number of nitrogens with zero attached hydrogens (tertiary/aromatic N) is 4. The Morgan fingerprint density at radius 1 is 1.34 bits per heavy atom. The van der Waals surface area contributed by atoms with Crippen LogP contribution in [0.15, 0.2) is 36.9 Å². The first kappa shape index (κ1) is 19.4. The zero-order valence-electron chi connectivity index (χ0n) is 16.7. The lowest BCUT2D eigenvalue weighted by Crippen LogP contribution is -2.45. The van der Waals surface area contributed by atoms with Gasteiger partial charge in [-0.1, -0.05) is 18.2 Å². The molecule has 2 aliphatic rings. The van der Waals surface area contributed by atoms with E-state index in [9.17, 15) is 9.59 Å². The monoisotopic (exact) mass is 397 g/mol. The van der Waals surface area contributed by atoms with Crippen molar-refractivity contribution in [3.05, 3.63) is 42.5 Å². The first-order valence-electron chi connectivity index (χ1n) is 10.2. The number of benzene rings is 1. The summed E-state index contributed by atoms with van der Waals surface area (Å²) in [6.45, 7) is 1.33. The molecule has 2 aliphatic heterocycles. The van der Waals surface area contributed by atoms with Crippen molar-refractivity contribution in [1.82, 2.24) is 25.0 Å². The molecule has 8 nitrogen and oxygen atoms in total. The van der Waals surface area contributed by atoms with E-state index in [2.05, 4.69) is 15.4 Å². The van der Waals surface area contributed by atoms with Crippen LogP contribution in [-0.4, -0.2) is 50.7 Å². The first-order chi connectivity index (χ1) is 14.0. The van der Waals surface area contributed by atoms with Crippen LogP contribution in [0.2, 0.25) is 0 Å². The molecule has 1 spiro atoms. The van der Waals surface area contributed by atoms with Gasteiger partial charge in [0.25, 0.3) is 0 Å². The third-order valence-corrected chi connectivity index (χ3v) is 5.91. The van der Waals surface area contributed by atoms with Crippen molar-refractivity contribution in [1.29, 1.82) is 0 Å². The lowest BCUT2D eigenvalue weighted by Gasteiger charge is -2.42. The highest BCUT2D eigenvalue weighted by Gasteiger charge is 2.43. The van der Waals surface area contributed by atoms with Gasteiger partial charge in [-0.25, -0.2) is 4.98 Å². The number of ether oxygens (including phenoxy) is 1. The standard InChI is InChI=1S/C21H27N5O3/c1-25-12-10-21(9-8-20(25)28)13-17(16-5-2-3-6-18(16)29-21)24-19(27)7-4-11-26-15-22-14-23-26/h2-3,5-6,14-15,17H,4,7-13H2,1H3,(H,24,27). The summed E-state index contributed by atoms with van der Waals surface area (Å²) in [5.74, 6) is 0.977. The molecule has 1 fully saturated rings. The number of fused-ring (bicyclic) bond motifs is 1. The first-order valence-corrected chi connectivity index (χ1v) is 10.2. The van der Waals surface area contributed by atoms with Gasteiger partial charge in [-0.05, 0) is 18.9 Å². The Hall–Kier alpha value is -2.90. The van der Waals surface area contributed by atoms with Gasteiger partial charge in [0, 0.05) is 51.4 Å². The number of hydrogen-bond acceptors (Lipinski definition) is 5. The maximum absolute atomic E-state index is 12.6. The Balaban J connectivity index is 1.45. The molecule has 1 aromatic heterocycles. The van der Waals surface area contributed by atoms with E-state index in [1.54, 1.807) is 15.9 Å². The second-order valence-corrected chi connectivity index (χ2v) is 7.97. The van der Waals surface area contributed by atoms with Crippen LogP contribution in [0.25, 0.3) is 0 Å². The van der Waals surface area contributed by atoms with Crippen molar-refractivity contribution in [2.24, 2.45) is 0 Å². The fourth-order valence-corrected chi connectivity index (χ4v) is 4.22. The van der Waals surface area contributed by atoms with Crippen LogP contribution in [-0.2, 0) is 16.1 Å². The number of para-hydroxylation sites is 1. The minimum atomic E-state index is -0.423. The minimum Gasteiger partial charge on any atom is -0.487 e. The molecular formula is C21H27N5O3. The Morgan fingerprint density at radius 2 is 2.21 bits per heavy atom. The molecule has 2 aromatic rings. The minimum absolute atomic E-state index is 0.0174. The fraction of sp³-hybridized carbons (Fsp3) is 0.524. The molecule has 0 bridgehead atoms. The maximum Gasteiger partial charge on any atom is 0.222 e. The summed E-state index contributed by atoms with van der Waals surface area (Å²) in [6.07, 6.45) is 6.86. The van der Waals surface area contributed by atoms with Crippen molar-refractivity contribution in [2.45, 2.75) is 56.7 Å². The van der Waals surface area contributed by atoms with E-state index in [4.69, 9.17) is 4.74 Å². The summed E-state index contributed by atoms with van der Waals surface area (Å²) in [4.78, 5) is 30.5. The third kappa shape index (κ3) is 4.41. The third-order valence-electron chi connectivity index (χ3n) is 5.91. The summed E-state index contributed by atoms with van der Waals surface area (Å²) in [5.41, 5.74) is 0.583. The lowest BCUT2D eigenvalue weighted by molar-refractivity contribution is -0.129. The van der Waals surface area contributed by atoms with Gasteiger partial charge >= 0.3 is 0 Å². The Labute approximate surface area is 170 Å². The highest BCUT2D eigenvalue weighted by atomic mass is 16.5. The Bertz CT molecular complexity index is 869. The van der Waals surface area contributed by atoms with Crippen LogP contribution in [0.1, 0.15) is 50.1 Å². The molecule has 1 saturated heterocycles. The maximum atomic E-state index is 12.6. The summed E-state index contributed by atoms with van der Waals surface area (Å²) in [7, 11) is 1.84. The van der Waals surface area contributed by atoms with Crippen LogP contribution >= 0.6 is 0 Å². The fourth-order valence-electron chi connectivity index (χ4n) is 4.22. The number of rotatable bonds is 5. The number of aromatic nitrogens is 3. The van der Waals surface area contributed by atoms with Gasteiger partial charge in [0.05, 0.1) is 6.04 Å². The average Bonchev–Trinajstić information content (AvgIpc) is 3.19. The van der Waals surface area contributed by atoms with Crippen molar-refractivity contribution in [3.8, 4) is 5.75 Å². The van der Waals surface area contributed by atoms with E-state index in [0.29, 0.717) is 45.2 Å². The van der Waals surface area contributed by atoms with Crippen LogP contribution in [0.4, 0.5) is 0 Å². The Morgan fingerprint density at radius 3 is 3.03 bits per heavy atom. The van der Waals surface area contributed by atoms with Gasteiger partial charge in [-0.2, -0.15) is 5.10 Å². The quantitative estimate of drug-likeness (QED) is 0.834. The molecule has 0 aliphatic carbocycles. The van der Waals surface area contributed by atoms with Crippen molar-refractivity contribution < 1.29 is 14.3 Å². The van der Waals surface area contributed by atoms with Crippen LogP contribution in [0.3, 0.4) is 0 Å². The second kappa shape index (κ2) is 8.23. The van der Waals surface area contributed by atoms with Crippen LogP contribution in [0.5, 0.6) is 5.75 Å². The summed E-state index contributed by atoms with van der Waals surface area (Å²) < 4.78 is 8.16. The van der Waals surface area contributed by atoms with Crippen molar-refractivity contribution in [2.75, 3.05) is 13.6 Å². The molecule has 2 unspecified atom stereocenters. The molecule has 0 radical (unpaired) electrons. The molecule has 154 valence electrons. The largest absolute Gasteiger partial charge is 0.487 e. The summed E-state index contributed by atoms with van der Waals surface area (Å²) in [6, 6.07) is 7.77. The molecule has 29 heavy (non-hydrogen) atoms. The number of amides is 2. The zero-order chi connectivity index (χ0) is 20.3. The normalized spacial score (nSPS) is 24.0. The second-order valence-electron chi connectivity index (χ2n) is 7.97. The topological polar surface area (TPSA) is 89.4 Å². The smallest absolute Gasteiger partial charge is 0.222 e. The number of nitrogens with one attached hydrogen (secondary N) is 1. The summed E-state index contributed by atoms with van der Waals surface area (Å²) in [5, 5.41) is 7.27. The molecule has 2 atom stereocenters. The van der Waals surface area contributed by atoms with Crippen molar-refractivity contribution in [3.63, 3.8) is 0 Å². The predicted molar refractivity (Wildman–Crippen MR) is 106 cm³/mol. The van der Waals surface area contributed by atoms with Gasteiger partial charge < -0.3 is 15.0 Å². The van der Waals surface area contributed by atoms with Gasteiger partial charge in [0.1, 0.15) is 24.0 Å². The van der Waals surface area contributed by atoms with E-state index in [1.807, 2.05) is 31.3 Å². The van der Waals surface area contributed by atoms with Crippen LogP contribution in [0, 0.1) is 0 Å². The van der Waals surface area contributed by atoms with Gasteiger partial charge in [-0.3, -0.25) is 14.3 Å². The number of carbonyl (C=O) groups is 2. The van der Waals surface area contributed by atoms with Gasteiger partial charge in [0.2, 0.25) is 11.8 Å². The highest BCUT2D eigenvalue weighted by Crippen LogP contribution is 2.44. The highest BCUT2D eigenvalue weighted by molar-refractivity contribution is 5.77. The molecule has 8 heteroatoms. The molecule has 2 amide bonds.